The van der Waals surface area contributed by atoms with E-state index in [1.165, 1.54) is 11.6 Å². The van der Waals surface area contributed by atoms with Gasteiger partial charge < -0.3 is 10.6 Å². The van der Waals surface area contributed by atoms with Gasteiger partial charge in [-0.2, -0.15) is 0 Å². The molecule has 0 heterocycles. The average molecular weight is 439 g/mol. The van der Waals surface area contributed by atoms with Crippen molar-refractivity contribution >= 4 is 29.9 Å². The van der Waals surface area contributed by atoms with E-state index >= 15 is 0 Å². The monoisotopic (exact) mass is 439 g/mol. The zero-order valence-electron chi connectivity index (χ0n) is 13.8. The van der Waals surface area contributed by atoms with Gasteiger partial charge >= 0.3 is 0 Å². The lowest BCUT2D eigenvalue weighted by Gasteiger charge is -2.19. The van der Waals surface area contributed by atoms with E-state index in [9.17, 15) is 4.39 Å². The summed E-state index contributed by atoms with van der Waals surface area (Å²) in [6.45, 7) is 1.50. The van der Waals surface area contributed by atoms with Gasteiger partial charge in [-0.25, -0.2) is 4.39 Å². The molecule has 1 saturated carbocycles. The van der Waals surface area contributed by atoms with E-state index in [1.807, 2.05) is 24.3 Å². The molecule has 0 amide bonds. The summed E-state index contributed by atoms with van der Waals surface area (Å²) in [5.74, 6) is 0.608. The van der Waals surface area contributed by atoms with Gasteiger partial charge in [0.05, 0.1) is 0 Å². The van der Waals surface area contributed by atoms with Gasteiger partial charge in [-0.1, -0.05) is 42.5 Å². The van der Waals surface area contributed by atoms with E-state index < -0.39 is 0 Å². The number of hydrogen-bond donors (Lipinski definition) is 2. The van der Waals surface area contributed by atoms with E-state index in [2.05, 4.69) is 27.8 Å². The van der Waals surface area contributed by atoms with Gasteiger partial charge in [0.2, 0.25) is 0 Å². The van der Waals surface area contributed by atoms with Gasteiger partial charge in [0.1, 0.15) is 5.82 Å². The first-order valence-electron chi connectivity index (χ1n) is 7.96. The molecule has 24 heavy (non-hydrogen) atoms. The van der Waals surface area contributed by atoms with Crippen LogP contribution in [0.1, 0.15) is 24.0 Å². The number of halogens is 2. The SMILES string of the molecule is CN=C(NCc1ccccc1)NCC1(c2cccc(F)c2)CC1.I. The molecule has 1 aliphatic carbocycles. The van der Waals surface area contributed by atoms with Crippen molar-refractivity contribution in [2.45, 2.75) is 24.8 Å². The summed E-state index contributed by atoms with van der Waals surface area (Å²) in [6.07, 6.45) is 2.16. The predicted octanol–water partition coefficient (Wildman–Crippen LogP) is 3.84. The number of nitrogens with zero attached hydrogens (tertiary/aromatic N) is 1. The van der Waals surface area contributed by atoms with Crippen LogP contribution >= 0.6 is 24.0 Å². The normalized spacial score (nSPS) is 15.3. The Labute approximate surface area is 159 Å². The van der Waals surface area contributed by atoms with Crippen molar-refractivity contribution in [1.82, 2.24) is 10.6 Å². The molecule has 1 aliphatic rings. The lowest BCUT2D eigenvalue weighted by atomic mass is 9.96. The summed E-state index contributed by atoms with van der Waals surface area (Å²) < 4.78 is 13.4. The van der Waals surface area contributed by atoms with Crippen LogP contribution in [0.15, 0.2) is 59.6 Å². The van der Waals surface area contributed by atoms with E-state index in [4.69, 9.17) is 0 Å². The molecule has 0 aromatic heterocycles. The molecule has 3 nitrogen and oxygen atoms in total. The summed E-state index contributed by atoms with van der Waals surface area (Å²) in [6, 6.07) is 17.2. The molecule has 2 aromatic rings. The highest BCUT2D eigenvalue weighted by molar-refractivity contribution is 14.0. The largest absolute Gasteiger partial charge is 0.356 e. The Morgan fingerprint density at radius 2 is 1.83 bits per heavy atom. The zero-order valence-corrected chi connectivity index (χ0v) is 16.1. The first kappa shape index (κ1) is 18.7. The molecular weight excluding hydrogens is 416 g/mol. The topological polar surface area (TPSA) is 36.4 Å². The maximum Gasteiger partial charge on any atom is 0.191 e. The Hall–Kier alpha value is -1.63. The molecule has 2 aromatic carbocycles. The van der Waals surface area contributed by atoms with Crippen LogP contribution < -0.4 is 10.6 Å². The maximum atomic E-state index is 13.4. The number of rotatable bonds is 5. The van der Waals surface area contributed by atoms with Gasteiger partial charge in [-0.3, -0.25) is 4.99 Å². The van der Waals surface area contributed by atoms with E-state index in [0.717, 1.165) is 37.5 Å². The molecule has 0 radical (unpaired) electrons. The molecule has 3 rings (SSSR count). The van der Waals surface area contributed by atoms with Crippen LogP contribution in [0.3, 0.4) is 0 Å². The fourth-order valence-electron chi connectivity index (χ4n) is 2.79. The first-order valence-corrected chi connectivity index (χ1v) is 7.96. The molecule has 1 fully saturated rings. The standard InChI is InChI=1S/C19H22FN3.HI/c1-21-18(22-13-15-6-3-2-4-7-15)23-14-19(10-11-19)16-8-5-9-17(20)12-16;/h2-9,12H,10-11,13-14H2,1H3,(H2,21,22,23);1H. The fraction of sp³-hybridized carbons (Fsp3) is 0.316. The highest BCUT2D eigenvalue weighted by Crippen LogP contribution is 2.47. The quantitative estimate of drug-likeness (QED) is 0.422. The van der Waals surface area contributed by atoms with Crippen LogP contribution in [0, 0.1) is 5.82 Å². The minimum absolute atomic E-state index is 0. The van der Waals surface area contributed by atoms with Crippen molar-refractivity contribution in [2.75, 3.05) is 13.6 Å². The van der Waals surface area contributed by atoms with Crippen molar-refractivity contribution < 1.29 is 4.39 Å². The van der Waals surface area contributed by atoms with E-state index in [1.54, 1.807) is 19.2 Å². The van der Waals surface area contributed by atoms with Gasteiger partial charge in [0, 0.05) is 25.6 Å². The van der Waals surface area contributed by atoms with Gasteiger partial charge in [0.15, 0.2) is 5.96 Å². The smallest absolute Gasteiger partial charge is 0.191 e. The molecule has 5 heteroatoms. The third kappa shape index (κ3) is 4.69. The Morgan fingerprint density at radius 1 is 1.08 bits per heavy atom. The fourth-order valence-corrected chi connectivity index (χ4v) is 2.79. The minimum Gasteiger partial charge on any atom is -0.356 e. The van der Waals surface area contributed by atoms with Crippen LogP contribution in [0.25, 0.3) is 0 Å². The molecule has 0 unspecified atom stereocenters. The number of nitrogens with one attached hydrogen (secondary N) is 2. The van der Waals surface area contributed by atoms with Gasteiger partial charge in [-0.15, -0.1) is 24.0 Å². The second kappa shape index (κ2) is 8.46. The lowest BCUT2D eigenvalue weighted by molar-refractivity contribution is 0.607. The summed E-state index contributed by atoms with van der Waals surface area (Å²) in [4.78, 5) is 4.27. The van der Waals surface area contributed by atoms with Crippen molar-refractivity contribution in [3.8, 4) is 0 Å². The number of benzene rings is 2. The number of aliphatic imine (C=N–C) groups is 1. The van der Waals surface area contributed by atoms with Crippen molar-refractivity contribution in [1.29, 1.82) is 0 Å². The molecule has 128 valence electrons. The van der Waals surface area contributed by atoms with E-state index in [0.29, 0.717) is 0 Å². The summed E-state index contributed by atoms with van der Waals surface area (Å²) in [7, 11) is 1.77. The lowest BCUT2D eigenvalue weighted by Crippen LogP contribution is -2.40. The van der Waals surface area contributed by atoms with Crippen LogP contribution in [0.2, 0.25) is 0 Å². The molecular formula is C19H23FIN3. The number of hydrogen-bond acceptors (Lipinski definition) is 1. The molecule has 0 spiro atoms. The van der Waals surface area contributed by atoms with Crippen molar-refractivity contribution in [2.24, 2.45) is 4.99 Å². The Balaban J connectivity index is 0.00000208. The minimum atomic E-state index is -0.166. The highest BCUT2D eigenvalue weighted by atomic mass is 127. The zero-order chi connectivity index (χ0) is 16.1. The summed E-state index contributed by atoms with van der Waals surface area (Å²) in [5.41, 5.74) is 2.33. The highest BCUT2D eigenvalue weighted by Gasteiger charge is 2.44. The molecule has 2 N–H and O–H groups in total. The molecule has 0 saturated heterocycles. The Morgan fingerprint density at radius 3 is 2.46 bits per heavy atom. The number of guanidine groups is 1. The Kier molecular flexibility index (Phi) is 6.60. The molecule has 0 bridgehead atoms. The summed E-state index contributed by atoms with van der Waals surface area (Å²) >= 11 is 0. The van der Waals surface area contributed by atoms with Crippen molar-refractivity contribution in [3.63, 3.8) is 0 Å². The van der Waals surface area contributed by atoms with Crippen LogP contribution in [0.4, 0.5) is 4.39 Å². The molecule has 0 aliphatic heterocycles. The summed E-state index contributed by atoms with van der Waals surface area (Å²) in [5, 5.41) is 6.69. The first-order chi connectivity index (χ1) is 11.2. The third-order valence-corrected chi connectivity index (χ3v) is 4.41. The second-order valence-electron chi connectivity index (χ2n) is 6.06. The van der Waals surface area contributed by atoms with E-state index in [-0.39, 0.29) is 35.2 Å². The van der Waals surface area contributed by atoms with Gasteiger partial charge in [-0.05, 0) is 36.1 Å². The second-order valence-corrected chi connectivity index (χ2v) is 6.06. The predicted molar refractivity (Wildman–Crippen MR) is 107 cm³/mol. The Bertz CT molecular complexity index is 684. The van der Waals surface area contributed by atoms with Crippen LogP contribution in [-0.2, 0) is 12.0 Å². The van der Waals surface area contributed by atoms with Crippen LogP contribution in [-0.4, -0.2) is 19.6 Å². The van der Waals surface area contributed by atoms with Crippen LogP contribution in [0.5, 0.6) is 0 Å². The van der Waals surface area contributed by atoms with Gasteiger partial charge in [0.25, 0.3) is 0 Å². The average Bonchev–Trinajstić information content (AvgIpc) is 3.37. The maximum absolute atomic E-state index is 13.4. The van der Waals surface area contributed by atoms with Crippen molar-refractivity contribution in [3.05, 3.63) is 71.5 Å². The molecule has 0 atom stereocenters. The third-order valence-electron chi connectivity index (χ3n) is 4.41.